The molecule has 1 aliphatic rings. The monoisotopic (exact) mass is 436 g/mol. The van der Waals surface area contributed by atoms with Crippen LogP contribution in [0, 0.1) is 5.82 Å². The zero-order valence-electron chi connectivity index (χ0n) is 16.8. The highest BCUT2D eigenvalue weighted by molar-refractivity contribution is 6.30. The van der Waals surface area contributed by atoms with Crippen LogP contribution in [0.15, 0.2) is 48.9 Å². The van der Waals surface area contributed by atoms with Crippen LogP contribution in [-0.4, -0.2) is 39.1 Å². The third kappa shape index (κ3) is 4.24. The minimum atomic E-state index is -0.375. The molecule has 4 aromatic rings. The normalized spacial score (nSPS) is 16.5. The van der Waals surface area contributed by atoms with Crippen molar-refractivity contribution in [1.82, 2.24) is 25.3 Å². The molecular formula is C23H22ClFN6. The van der Waals surface area contributed by atoms with E-state index in [1.54, 1.807) is 6.07 Å². The second-order valence-electron chi connectivity index (χ2n) is 7.74. The fraction of sp³-hybridized carbons (Fsp3) is 0.261. The molecule has 3 N–H and O–H groups in total. The predicted molar refractivity (Wildman–Crippen MR) is 122 cm³/mol. The number of hydrogen-bond donors (Lipinski definition) is 3. The fourth-order valence-corrected chi connectivity index (χ4v) is 4.13. The van der Waals surface area contributed by atoms with Gasteiger partial charge in [0.05, 0.1) is 40.6 Å². The van der Waals surface area contributed by atoms with Gasteiger partial charge in [-0.3, -0.25) is 4.98 Å². The van der Waals surface area contributed by atoms with Crippen LogP contribution in [-0.2, 0) is 0 Å². The Balaban J connectivity index is 1.45. The molecule has 158 valence electrons. The Morgan fingerprint density at radius 1 is 1.10 bits per heavy atom. The first-order chi connectivity index (χ1) is 15.2. The first kappa shape index (κ1) is 19.9. The maximum atomic E-state index is 14.4. The molecule has 0 saturated carbocycles. The quantitative estimate of drug-likeness (QED) is 0.409. The summed E-state index contributed by atoms with van der Waals surface area (Å²) in [5, 5.41) is 7.45. The van der Waals surface area contributed by atoms with Crippen LogP contribution in [0.3, 0.4) is 0 Å². The summed E-state index contributed by atoms with van der Waals surface area (Å²) in [6, 6.07) is 10.7. The number of imidazole rings is 1. The molecule has 31 heavy (non-hydrogen) atoms. The minimum Gasteiger partial charge on any atom is -0.382 e. The Hall–Kier alpha value is -3.03. The Bertz CT molecular complexity index is 1220. The number of rotatable bonds is 5. The van der Waals surface area contributed by atoms with Crippen molar-refractivity contribution < 1.29 is 4.39 Å². The third-order valence-corrected chi connectivity index (χ3v) is 5.82. The molecule has 1 aromatic carbocycles. The van der Waals surface area contributed by atoms with Gasteiger partial charge in [-0.1, -0.05) is 18.0 Å². The molecule has 1 fully saturated rings. The molecule has 6 nitrogen and oxygen atoms in total. The van der Waals surface area contributed by atoms with E-state index in [0.717, 1.165) is 29.8 Å². The number of pyridine rings is 2. The second-order valence-corrected chi connectivity index (χ2v) is 8.17. The van der Waals surface area contributed by atoms with E-state index in [-0.39, 0.29) is 5.82 Å². The first-order valence-corrected chi connectivity index (χ1v) is 10.8. The Morgan fingerprint density at radius 3 is 2.90 bits per heavy atom. The van der Waals surface area contributed by atoms with E-state index in [1.165, 1.54) is 37.7 Å². The number of hydrogen-bond acceptors (Lipinski definition) is 5. The van der Waals surface area contributed by atoms with Crippen LogP contribution in [0.1, 0.15) is 19.3 Å². The number of aromatic nitrogens is 4. The Labute approximate surface area is 184 Å². The van der Waals surface area contributed by atoms with Crippen LogP contribution < -0.4 is 10.6 Å². The molecule has 0 bridgehead atoms. The highest BCUT2D eigenvalue weighted by Crippen LogP contribution is 2.32. The minimum absolute atomic E-state index is 0.357. The average Bonchev–Trinajstić information content (AvgIpc) is 3.29. The van der Waals surface area contributed by atoms with Gasteiger partial charge in [-0.2, -0.15) is 0 Å². The highest BCUT2D eigenvalue weighted by atomic mass is 35.5. The summed E-state index contributed by atoms with van der Waals surface area (Å²) in [7, 11) is 0. The SMILES string of the molecule is Fc1ccc(Cl)cc1-c1[nH]cnc1-c1ccc2ncc(NCC3CCCCN3)cc2n1. The fourth-order valence-electron chi connectivity index (χ4n) is 3.96. The van der Waals surface area contributed by atoms with E-state index in [1.807, 2.05) is 24.4 Å². The van der Waals surface area contributed by atoms with Gasteiger partial charge in [0, 0.05) is 23.2 Å². The van der Waals surface area contributed by atoms with Gasteiger partial charge in [-0.05, 0) is 55.8 Å². The molecular weight excluding hydrogens is 415 g/mol. The lowest BCUT2D eigenvalue weighted by Gasteiger charge is -2.24. The largest absolute Gasteiger partial charge is 0.382 e. The molecule has 5 rings (SSSR count). The van der Waals surface area contributed by atoms with Gasteiger partial charge in [0.25, 0.3) is 0 Å². The Kier molecular flexibility index (Phi) is 5.53. The number of piperidine rings is 1. The van der Waals surface area contributed by atoms with Crippen LogP contribution in [0.25, 0.3) is 33.7 Å². The third-order valence-electron chi connectivity index (χ3n) is 5.58. The standard InChI is InChI=1S/C23H22ClFN6/c24-14-4-5-18(25)17(9-14)22-23(30-13-29-22)20-7-6-19-21(31-20)10-16(12-28-19)27-11-15-3-1-2-8-26-15/h4-7,9-10,12-13,15,26-27H,1-3,8,11H2,(H,29,30). The second kappa shape index (κ2) is 8.61. The zero-order valence-corrected chi connectivity index (χ0v) is 17.6. The number of aromatic amines is 1. The van der Waals surface area contributed by atoms with Crippen LogP contribution >= 0.6 is 11.6 Å². The van der Waals surface area contributed by atoms with Crippen LogP contribution in [0.4, 0.5) is 10.1 Å². The van der Waals surface area contributed by atoms with Crippen molar-refractivity contribution in [2.24, 2.45) is 0 Å². The summed E-state index contributed by atoms with van der Waals surface area (Å²) >= 11 is 6.08. The summed E-state index contributed by atoms with van der Waals surface area (Å²) in [5.41, 5.74) is 4.56. The molecule has 0 spiro atoms. The van der Waals surface area contributed by atoms with E-state index in [2.05, 4.69) is 25.6 Å². The number of H-pyrrole nitrogens is 1. The molecule has 1 saturated heterocycles. The van der Waals surface area contributed by atoms with E-state index in [9.17, 15) is 4.39 Å². The number of halogens is 2. The highest BCUT2D eigenvalue weighted by Gasteiger charge is 2.17. The van der Waals surface area contributed by atoms with Crippen molar-refractivity contribution in [3.63, 3.8) is 0 Å². The maximum Gasteiger partial charge on any atom is 0.132 e. The van der Waals surface area contributed by atoms with Gasteiger partial charge in [0.15, 0.2) is 0 Å². The molecule has 1 atom stereocenters. The molecule has 3 aromatic heterocycles. The summed E-state index contributed by atoms with van der Waals surface area (Å²) in [6.45, 7) is 1.93. The van der Waals surface area contributed by atoms with Crippen molar-refractivity contribution in [2.75, 3.05) is 18.4 Å². The van der Waals surface area contributed by atoms with Gasteiger partial charge in [0.2, 0.25) is 0 Å². The smallest absolute Gasteiger partial charge is 0.132 e. The lowest BCUT2D eigenvalue weighted by molar-refractivity contribution is 0.414. The van der Waals surface area contributed by atoms with Gasteiger partial charge in [-0.15, -0.1) is 0 Å². The lowest BCUT2D eigenvalue weighted by atomic mass is 10.1. The van der Waals surface area contributed by atoms with E-state index in [0.29, 0.717) is 33.7 Å². The van der Waals surface area contributed by atoms with Crippen molar-refractivity contribution in [3.05, 3.63) is 59.8 Å². The number of nitrogens with zero attached hydrogens (tertiary/aromatic N) is 3. The lowest BCUT2D eigenvalue weighted by Crippen LogP contribution is -2.39. The number of benzene rings is 1. The molecule has 0 amide bonds. The van der Waals surface area contributed by atoms with Gasteiger partial charge in [0.1, 0.15) is 11.5 Å². The maximum absolute atomic E-state index is 14.4. The Morgan fingerprint density at radius 2 is 2.03 bits per heavy atom. The molecule has 0 aliphatic carbocycles. The number of nitrogens with one attached hydrogen (secondary N) is 3. The van der Waals surface area contributed by atoms with Gasteiger partial charge >= 0.3 is 0 Å². The van der Waals surface area contributed by atoms with Crippen LogP contribution in [0.5, 0.6) is 0 Å². The predicted octanol–water partition coefficient (Wildman–Crippen LogP) is 5.03. The number of fused-ring (bicyclic) bond motifs is 1. The van der Waals surface area contributed by atoms with Crippen molar-refractivity contribution in [1.29, 1.82) is 0 Å². The number of anilines is 1. The molecule has 8 heteroatoms. The average molecular weight is 437 g/mol. The van der Waals surface area contributed by atoms with E-state index in [4.69, 9.17) is 16.6 Å². The van der Waals surface area contributed by atoms with Crippen LogP contribution in [0.2, 0.25) is 5.02 Å². The van der Waals surface area contributed by atoms with E-state index < -0.39 is 0 Å². The first-order valence-electron chi connectivity index (χ1n) is 10.4. The summed E-state index contributed by atoms with van der Waals surface area (Å²) in [6.07, 6.45) is 7.05. The van der Waals surface area contributed by atoms with Crippen molar-refractivity contribution >= 4 is 28.3 Å². The zero-order chi connectivity index (χ0) is 21.2. The molecule has 4 heterocycles. The van der Waals surface area contributed by atoms with Crippen molar-refractivity contribution in [2.45, 2.75) is 25.3 Å². The summed E-state index contributed by atoms with van der Waals surface area (Å²) in [5.74, 6) is -0.375. The van der Waals surface area contributed by atoms with E-state index >= 15 is 0 Å². The molecule has 0 radical (unpaired) electrons. The van der Waals surface area contributed by atoms with Crippen molar-refractivity contribution in [3.8, 4) is 22.6 Å². The van der Waals surface area contributed by atoms with Gasteiger partial charge < -0.3 is 15.6 Å². The summed E-state index contributed by atoms with van der Waals surface area (Å²) < 4.78 is 14.4. The van der Waals surface area contributed by atoms with Gasteiger partial charge in [-0.25, -0.2) is 14.4 Å². The molecule has 1 unspecified atom stereocenters. The topological polar surface area (TPSA) is 78.5 Å². The summed E-state index contributed by atoms with van der Waals surface area (Å²) in [4.78, 5) is 16.7. The molecule has 1 aliphatic heterocycles.